The van der Waals surface area contributed by atoms with Gasteiger partial charge in [0.2, 0.25) is 0 Å². The number of pyridine rings is 2. The van der Waals surface area contributed by atoms with Crippen LogP contribution in [0.2, 0.25) is 0 Å². The van der Waals surface area contributed by atoms with Gasteiger partial charge in [-0.25, -0.2) is 9.97 Å². The third-order valence-corrected chi connectivity index (χ3v) is 4.96. The Balaban J connectivity index is 1.70. The maximum Gasteiger partial charge on any atom is 0.255 e. The number of anilines is 1. The number of aromatic nitrogens is 4. The minimum Gasteiger partial charge on any atom is -0.498 e. The molecule has 11 heteroatoms. The number of carbonyl (C=O) groups is 1. The second-order valence-corrected chi connectivity index (χ2v) is 6.89. The molecule has 7 nitrogen and oxygen atoms in total. The van der Waals surface area contributed by atoms with Crippen molar-refractivity contribution in [1.29, 1.82) is 0 Å². The highest BCUT2D eigenvalue weighted by Crippen LogP contribution is 2.22. The molecule has 1 N–H and O–H groups in total. The van der Waals surface area contributed by atoms with E-state index in [-0.39, 0.29) is 33.2 Å². The van der Waals surface area contributed by atoms with Gasteiger partial charge in [-0.2, -0.15) is 0 Å². The van der Waals surface area contributed by atoms with Crippen molar-refractivity contribution in [2.75, 3.05) is 12.4 Å². The van der Waals surface area contributed by atoms with Crippen molar-refractivity contribution in [1.82, 2.24) is 19.5 Å². The molecule has 0 spiro atoms. The lowest BCUT2D eigenvalue weighted by Gasteiger charge is -2.20. The number of aryl methyl sites for hydroxylation is 1. The van der Waals surface area contributed by atoms with E-state index < -0.39 is 5.91 Å². The van der Waals surface area contributed by atoms with E-state index in [0.717, 1.165) is 22.2 Å². The largest absolute Gasteiger partial charge is 0.498 e. The summed E-state index contributed by atoms with van der Waals surface area (Å²) in [5.41, 5.74) is 1.58. The van der Waals surface area contributed by atoms with Crippen LogP contribution in [0.1, 0.15) is 10.4 Å². The van der Waals surface area contributed by atoms with Crippen molar-refractivity contribution < 1.29 is 9.53 Å². The highest BCUT2D eigenvalue weighted by molar-refractivity contribution is 6.61. The topological polar surface area (TPSA) is 81.9 Å². The van der Waals surface area contributed by atoms with E-state index in [1.165, 1.54) is 7.11 Å². The Kier molecular flexibility index (Phi) is 5.35. The molecule has 1 amide bonds. The fourth-order valence-corrected chi connectivity index (χ4v) is 3.30. The lowest BCUT2D eigenvalue weighted by atomic mass is 9.66. The number of nitrogens with zero attached hydrogens (tertiary/aromatic N) is 4. The molecule has 4 rings (SSSR count). The average Bonchev–Trinajstić information content (AvgIpc) is 3.18. The summed E-state index contributed by atoms with van der Waals surface area (Å²) in [6.07, 6.45) is 6.73. The number of nitrogens with one attached hydrogen (secondary N) is 1. The van der Waals surface area contributed by atoms with Crippen LogP contribution in [0.3, 0.4) is 0 Å². The lowest BCUT2D eigenvalue weighted by Crippen LogP contribution is -2.47. The summed E-state index contributed by atoms with van der Waals surface area (Å²) in [7, 11) is 27.2. The van der Waals surface area contributed by atoms with E-state index in [1.807, 2.05) is 17.7 Å². The van der Waals surface area contributed by atoms with E-state index in [4.69, 9.17) is 36.1 Å². The highest BCUT2D eigenvalue weighted by Gasteiger charge is 2.19. The molecule has 1 aromatic carbocycles. The number of benzene rings is 1. The normalized spacial score (nSPS) is 10.9. The molecule has 0 unspecified atom stereocenters. The maximum atomic E-state index is 12.9. The van der Waals surface area contributed by atoms with Crippen molar-refractivity contribution in [3.05, 3.63) is 42.6 Å². The van der Waals surface area contributed by atoms with Crippen molar-refractivity contribution >= 4 is 75.7 Å². The Morgan fingerprint density at radius 1 is 0.968 bits per heavy atom. The fourth-order valence-electron chi connectivity index (χ4n) is 3.30. The minimum absolute atomic E-state index is 0.0236. The summed E-state index contributed by atoms with van der Waals surface area (Å²) < 4.78 is 6.99. The molecular weight excluding hydrogens is 386 g/mol. The van der Waals surface area contributed by atoms with Crippen LogP contribution in [-0.4, -0.2) is 63.9 Å². The van der Waals surface area contributed by atoms with E-state index in [1.54, 1.807) is 31.0 Å². The van der Waals surface area contributed by atoms with Gasteiger partial charge in [0.05, 0.1) is 31.0 Å². The SMILES string of the molecule is [B]c1c([B])c(C(=O)Nc2cc3cc(-c4cncn4C)ncc3cn2)c([B])c([B])c1OC. The first-order valence-corrected chi connectivity index (χ1v) is 9.15. The molecule has 0 saturated carbocycles. The number of imidazole rings is 1. The summed E-state index contributed by atoms with van der Waals surface area (Å²) in [4.78, 5) is 25.7. The van der Waals surface area contributed by atoms with E-state index in [0.29, 0.717) is 5.82 Å². The third-order valence-electron chi connectivity index (χ3n) is 4.96. The van der Waals surface area contributed by atoms with Gasteiger partial charge in [0.25, 0.3) is 5.91 Å². The number of fused-ring (bicyclic) bond motifs is 1. The zero-order valence-corrected chi connectivity index (χ0v) is 16.9. The van der Waals surface area contributed by atoms with Crippen LogP contribution in [0.15, 0.2) is 37.1 Å². The summed E-state index contributed by atoms with van der Waals surface area (Å²) in [5, 5.41) is 4.32. The predicted octanol–water partition coefficient (Wildman–Crippen LogP) is -1.53. The van der Waals surface area contributed by atoms with E-state index in [2.05, 4.69) is 20.3 Å². The second kappa shape index (κ2) is 7.98. The lowest BCUT2D eigenvalue weighted by molar-refractivity contribution is 0.102. The van der Waals surface area contributed by atoms with Gasteiger partial charge in [-0.1, -0.05) is 21.9 Å². The molecule has 0 aliphatic rings. The molecule has 31 heavy (non-hydrogen) atoms. The monoisotopic (exact) mass is 399 g/mol. The van der Waals surface area contributed by atoms with Crippen LogP contribution in [0, 0.1) is 0 Å². The zero-order chi connectivity index (χ0) is 22.3. The number of carbonyl (C=O) groups excluding carboxylic acids is 1. The standard InChI is InChI=1S/C20H13B4N5O2/c1-29-8-25-7-12(29)11-3-9-4-13(27-6-10(9)5-26-11)28-20(30)14-15(21)17(23)19(31-2)18(24)16(14)22/h3-8H,1-2H3,(H,27,28,30). The van der Waals surface area contributed by atoms with Crippen molar-refractivity contribution in [2.24, 2.45) is 7.05 Å². The number of ether oxygens (including phenoxy) is 1. The molecule has 0 aliphatic carbocycles. The average molecular weight is 399 g/mol. The molecule has 3 aromatic heterocycles. The second-order valence-electron chi connectivity index (χ2n) is 6.89. The number of rotatable bonds is 4. The van der Waals surface area contributed by atoms with Gasteiger partial charge in [-0.15, -0.1) is 0 Å². The van der Waals surface area contributed by atoms with Crippen LogP contribution in [0.5, 0.6) is 5.75 Å². The van der Waals surface area contributed by atoms with Gasteiger partial charge in [0.1, 0.15) is 43.0 Å². The molecule has 0 saturated heterocycles. The number of hydrogen-bond donors (Lipinski definition) is 1. The molecule has 4 aromatic rings. The Labute approximate surface area is 184 Å². The summed E-state index contributed by atoms with van der Waals surface area (Å²) >= 11 is 0. The fraction of sp³-hybridized carbons (Fsp3) is 0.100. The maximum absolute atomic E-state index is 12.9. The van der Waals surface area contributed by atoms with Crippen LogP contribution in [-0.2, 0) is 7.05 Å². The Morgan fingerprint density at radius 3 is 2.26 bits per heavy atom. The molecule has 142 valence electrons. The van der Waals surface area contributed by atoms with Crippen molar-refractivity contribution in [3.8, 4) is 17.1 Å². The van der Waals surface area contributed by atoms with E-state index in [9.17, 15) is 4.79 Å². The molecular formula is C20H13B4N5O2. The number of hydrogen-bond acceptors (Lipinski definition) is 5. The molecule has 0 bridgehead atoms. The predicted molar refractivity (Wildman–Crippen MR) is 124 cm³/mol. The van der Waals surface area contributed by atoms with Gasteiger partial charge in [0.15, 0.2) is 0 Å². The van der Waals surface area contributed by atoms with Crippen LogP contribution in [0.4, 0.5) is 5.82 Å². The van der Waals surface area contributed by atoms with Gasteiger partial charge in [-0.3, -0.25) is 9.78 Å². The van der Waals surface area contributed by atoms with Gasteiger partial charge < -0.3 is 14.6 Å². The number of methoxy groups -OCH3 is 1. The zero-order valence-electron chi connectivity index (χ0n) is 16.9. The van der Waals surface area contributed by atoms with Gasteiger partial charge in [0, 0.05) is 30.4 Å². The van der Waals surface area contributed by atoms with Crippen molar-refractivity contribution in [2.45, 2.75) is 0 Å². The third kappa shape index (κ3) is 3.60. The molecule has 3 heterocycles. The van der Waals surface area contributed by atoms with E-state index >= 15 is 0 Å². The first-order chi connectivity index (χ1) is 14.8. The van der Waals surface area contributed by atoms with Crippen LogP contribution in [0.25, 0.3) is 22.2 Å². The molecule has 0 atom stereocenters. The van der Waals surface area contributed by atoms with Crippen LogP contribution >= 0.6 is 0 Å². The molecule has 0 fully saturated rings. The van der Waals surface area contributed by atoms with Crippen molar-refractivity contribution in [3.63, 3.8) is 0 Å². The summed E-state index contributed by atoms with van der Waals surface area (Å²) in [5.74, 6) is -0.166. The first-order valence-electron chi connectivity index (χ1n) is 9.15. The first kappa shape index (κ1) is 20.8. The Bertz CT molecular complexity index is 1310. The highest BCUT2D eigenvalue weighted by atomic mass is 16.5. The minimum atomic E-state index is -0.594. The summed E-state index contributed by atoms with van der Waals surface area (Å²) in [6, 6.07) is 3.60. The van der Waals surface area contributed by atoms with Gasteiger partial charge >= 0.3 is 0 Å². The summed E-state index contributed by atoms with van der Waals surface area (Å²) in [6.45, 7) is 0. The Morgan fingerprint density at radius 2 is 1.65 bits per heavy atom. The Hall–Kier alpha value is -3.48. The van der Waals surface area contributed by atoms with Crippen LogP contribution < -0.4 is 31.9 Å². The molecule has 8 radical (unpaired) electrons. The smallest absolute Gasteiger partial charge is 0.255 e. The quantitative estimate of drug-likeness (QED) is 0.422. The molecule has 0 aliphatic heterocycles. The van der Waals surface area contributed by atoms with Gasteiger partial charge in [-0.05, 0) is 17.5 Å². The number of amides is 1.